The molecule has 31 heavy (non-hydrogen) atoms. The Bertz CT molecular complexity index is 814. The summed E-state index contributed by atoms with van der Waals surface area (Å²) in [5, 5.41) is 0. The van der Waals surface area contributed by atoms with Gasteiger partial charge in [0.15, 0.2) is 0 Å². The zero-order valence-electron chi connectivity index (χ0n) is 19.9. The summed E-state index contributed by atoms with van der Waals surface area (Å²) in [7, 11) is 0. The molecule has 2 aromatic rings. The first kappa shape index (κ1) is 28.4. The van der Waals surface area contributed by atoms with E-state index in [9.17, 15) is 4.79 Å². The molecule has 2 aromatic carbocycles. The van der Waals surface area contributed by atoms with Crippen LogP contribution in [0.15, 0.2) is 48.5 Å². The van der Waals surface area contributed by atoms with E-state index in [0.29, 0.717) is 6.42 Å². The molecule has 0 radical (unpaired) electrons. The van der Waals surface area contributed by atoms with Crippen molar-refractivity contribution in [2.45, 2.75) is 78.9 Å². The van der Waals surface area contributed by atoms with Crippen LogP contribution in [-0.4, -0.2) is 17.1 Å². The van der Waals surface area contributed by atoms with Crippen molar-refractivity contribution in [2.75, 3.05) is 0 Å². The summed E-state index contributed by atoms with van der Waals surface area (Å²) >= 11 is 4.60. The highest BCUT2D eigenvalue weighted by molar-refractivity contribution is 14.1. The number of ether oxygens (including phenoxy) is 1. The quantitative estimate of drug-likeness (QED) is 0.267. The molecule has 0 aliphatic heterocycles. The Kier molecular flexibility index (Phi) is 11.0. The maximum Gasteiger partial charge on any atom is 0.306 e. The van der Waals surface area contributed by atoms with E-state index in [0.717, 1.165) is 12.8 Å². The number of hydrogen-bond donors (Lipinski definition) is 1. The average Bonchev–Trinajstić information content (AvgIpc) is 2.56. The second-order valence-corrected chi connectivity index (χ2v) is 13.0. The fraction of sp³-hybridized carbons (Fsp3) is 0.500. The first-order valence-corrected chi connectivity index (χ1v) is 12.7. The first-order valence-electron chi connectivity index (χ1n) is 10.5. The van der Waals surface area contributed by atoms with Gasteiger partial charge in [0.2, 0.25) is 0 Å². The van der Waals surface area contributed by atoms with Gasteiger partial charge in [-0.1, -0.05) is 38.1 Å². The summed E-state index contributed by atoms with van der Waals surface area (Å²) in [5.74, 6) is -0.122. The van der Waals surface area contributed by atoms with Crippen molar-refractivity contribution in [1.82, 2.24) is 0 Å². The molecule has 0 saturated carbocycles. The summed E-state index contributed by atoms with van der Waals surface area (Å²) in [5.41, 5.74) is 7.87. The van der Waals surface area contributed by atoms with E-state index in [1.165, 1.54) is 18.3 Å². The normalized spacial score (nSPS) is 12.1. The van der Waals surface area contributed by atoms with Gasteiger partial charge in [-0.15, -0.1) is 0 Å². The topological polar surface area (TPSA) is 52.3 Å². The molecule has 0 aliphatic carbocycles. The molecule has 0 heterocycles. The molecule has 0 amide bonds. The minimum absolute atomic E-state index is 0.0882. The lowest BCUT2D eigenvalue weighted by Crippen LogP contribution is -2.34. The minimum Gasteiger partial charge on any atom is -0.460 e. The predicted molar refractivity (Wildman–Crippen MR) is 148 cm³/mol. The number of carbonyl (C=O) groups excluding carboxylic acids is 1. The lowest BCUT2D eigenvalue weighted by molar-refractivity contribution is -0.157. The highest BCUT2D eigenvalue weighted by atomic mass is 127. The zero-order valence-corrected chi connectivity index (χ0v) is 24.2. The van der Waals surface area contributed by atoms with Gasteiger partial charge in [-0.3, -0.25) is 4.79 Å². The molecule has 0 aliphatic rings. The molecular formula is C26H37I2NO2. The van der Waals surface area contributed by atoms with Gasteiger partial charge in [-0.25, -0.2) is 0 Å². The van der Waals surface area contributed by atoms with Crippen molar-refractivity contribution < 1.29 is 9.53 Å². The summed E-state index contributed by atoms with van der Waals surface area (Å²) in [6.07, 6.45) is 2.25. The molecule has 0 atom stereocenters. The fourth-order valence-electron chi connectivity index (χ4n) is 3.11. The van der Waals surface area contributed by atoms with Crippen LogP contribution in [0.5, 0.6) is 0 Å². The summed E-state index contributed by atoms with van der Waals surface area (Å²) in [4.78, 5) is 11.9. The Morgan fingerprint density at radius 3 is 1.52 bits per heavy atom. The number of benzene rings is 2. The number of nitrogens with two attached hydrogens (primary N) is 1. The van der Waals surface area contributed by atoms with E-state index in [-0.39, 0.29) is 16.9 Å². The number of esters is 1. The average molecular weight is 649 g/mol. The predicted octanol–water partition coefficient (Wildman–Crippen LogP) is 7.16. The van der Waals surface area contributed by atoms with Gasteiger partial charge in [0, 0.05) is 12.7 Å². The molecule has 172 valence electrons. The van der Waals surface area contributed by atoms with Crippen molar-refractivity contribution in [3.05, 3.63) is 66.8 Å². The number of rotatable bonds is 6. The standard InChI is InChI=1S/C16H23IO2.C10H14IN/c1-15(2,3)19-14(18)11-16(4,5)10-12-6-8-13(17)9-7-12;1-10(2,12)7-8-3-5-9(11)6-4-8/h6-9H,10-11H2,1-5H3;3-6H,7,12H2,1-2H3. The van der Waals surface area contributed by atoms with E-state index < -0.39 is 5.60 Å². The summed E-state index contributed by atoms with van der Waals surface area (Å²) in [6.45, 7) is 14.0. The molecule has 2 rings (SSSR count). The van der Waals surface area contributed by atoms with Crippen LogP contribution in [0.4, 0.5) is 0 Å². The fourth-order valence-corrected chi connectivity index (χ4v) is 3.83. The molecule has 5 heteroatoms. The molecule has 3 nitrogen and oxygen atoms in total. The van der Waals surface area contributed by atoms with Crippen LogP contribution >= 0.6 is 45.2 Å². The van der Waals surface area contributed by atoms with E-state index in [1.54, 1.807) is 0 Å². The SMILES string of the molecule is CC(C)(CC(=O)OC(C)(C)C)Cc1ccc(I)cc1.CC(C)(N)Cc1ccc(I)cc1. The Morgan fingerprint density at radius 2 is 1.16 bits per heavy atom. The second-order valence-electron chi connectivity index (χ2n) is 10.5. The van der Waals surface area contributed by atoms with Gasteiger partial charge in [0.05, 0.1) is 6.42 Å². The van der Waals surface area contributed by atoms with Gasteiger partial charge >= 0.3 is 5.97 Å². The van der Waals surface area contributed by atoms with Crippen molar-refractivity contribution in [2.24, 2.45) is 11.1 Å². The van der Waals surface area contributed by atoms with E-state index in [2.05, 4.69) is 108 Å². The van der Waals surface area contributed by atoms with Gasteiger partial charge < -0.3 is 10.5 Å². The van der Waals surface area contributed by atoms with Gasteiger partial charge in [-0.05, 0) is 133 Å². The third kappa shape index (κ3) is 14.2. The molecule has 2 N–H and O–H groups in total. The van der Waals surface area contributed by atoms with Crippen molar-refractivity contribution in [1.29, 1.82) is 0 Å². The van der Waals surface area contributed by atoms with Crippen LogP contribution < -0.4 is 5.73 Å². The molecule has 0 aromatic heterocycles. The maximum absolute atomic E-state index is 11.9. The Morgan fingerprint density at radius 1 is 0.774 bits per heavy atom. The van der Waals surface area contributed by atoms with Crippen molar-refractivity contribution >= 4 is 51.2 Å². The summed E-state index contributed by atoms with van der Waals surface area (Å²) in [6, 6.07) is 16.9. The van der Waals surface area contributed by atoms with Crippen LogP contribution in [0.2, 0.25) is 0 Å². The zero-order chi connectivity index (χ0) is 23.9. The highest BCUT2D eigenvalue weighted by Gasteiger charge is 2.26. The maximum atomic E-state index is 11.9. The molecular weight excluding hydrogens is 612 g/mol. The molecule has 0 saturated heterocycles. The van der Waals surface area contributed by atoms with E-state index in [1.807, 2.05) is 34.6 Å². The smallest absolute Gasteiger partial charge is 0.306 e. The lowest BCUT2D eigenvalue weighted by Gasteiger charge is -2.26. The van der Waals surface area contributed by atoms with Gasteiger partial charge in [0.1, 0.15) is 5.60 Å². The minimum atomic E-state index is -0.407. The Balaban J connectivity index is 0.000000343. The Hall–Kier alpha value is -0.670. The van der Waals surface area contributed by atoms with Crippen molar-refractivity contribution in [3.63, 3.8) is 0 Å². The van der Waals surface area contributed by atoms with Crippen LogP contribution in [-0.2, 0) is 22.4 Å². The van der Waals surface area contributed by atoms with Gasteiger partial charge in [0.25, 0.3) is 0 Å². The molecule has 0 bridgehead atoms. The molecule has 0 unspecified atom stereocenters. The molecule has 0 spiro atoms. The van der Waals surface area contributed by atoms with Crippen LogP contribution in [0.1, 0.15) is 66.0 Å². The lowest BCUT2D eigenvalue weighted by atomic mass is 9.83. The van der Waals surface area contributed by atoms with E-state index >= 15 is 0 Å². The number of carbonyl (C=O) groups is 1. The Labute approximate surface area is 216 Å². The van der Waals surface area contributed by atoms with Crippen molar-refractivity contribution in [3.8, 4) is 0 Å². The number of hydrogen-bond acceptors (Lipinski definition) is 3. The monoisotopic (exact) mass is 649 g/mol. The third-order valence-electron chi connectivity index (χ3n) is 4.21. The summed E-state index contributed by atoms with van der Waals surface area (Å²) < 4.78 is 7.89. The first-order chi connectivity index (χ1) is 14.0. The van der Waals surface area contributed by atoms with Crippen LogP contribution in [0.3, 0.4) is 0 Å². The van der Waals surface area contributed by atoms with Crippen LogP contribution in [0.25, 0.3) is 0 Å². The molecule has 0 fully saturated rings. The van der Waals surface area contributed by atoms with Crippen LogP contribution in [0, 0.1) is 12.6 Å². The largest absolute Gasteiger partial charge is 0.460 e. The second kappa shape index (κ2) is 12.0. The van der Waals surface area contributed by atoms with Gasteiger partial charge in [-0.2, -0.15) is 0 Å². The number of halogens is 2. The van der Waals surface area contributed by atoms with E-state index in [4.69, 9.17) is 10.5 Å². The third-order valence-corrected chi connectivity index (χ3v) is 5.65. The highest BCUT2D eigenvalue weighted by Crippen LogP contribution is 2.27.